The second-order valence-electron chi connectivity index (χ2n) is 6.13. The van der Waals surface area contributed by atoms with E-state index in [1.165, 1.54) is 12.5 Å². The van der Waals surface area contributed by atoms with E-state index in [4.69, 9.17) is 0 Å². The van der Waals surface area contributed by atoms with Crippen molar-refractivity contribution >= 4 is 0 Å². The molecule has 3 heteroatoms. The van der Waals surface area contributed by atoms with Gasteiger partial charge in [-0.25, -0.2) is 4.39 Å². The third-order valence-electron chi connectivity index (χ3n) is 4.31. The summed E-state index contributed by atoms with van der Waals surface area (Å²) >= 11 is 0. The van der Waals surface area contributed by atoms with Crippen LogP contribution in [0.4, 0.5) is 4.39 Å². The number of hydrogen-bond donors (Lipinski definition) is 2. The molecule has 20 heavy (non-hydrogen) atoms. The third-order valence-corrected chi connectivity index (χ3v) is 4.31. The molecule has 0 aliphatic heterocycles. The first kappa shape index (κ1) is 15.5. The topological polar surface area (TPSA) is 32.3 Å². The molecule has 112 valence electrons. The van der Waals surface area contributed by atoms with E-state index in [1.54, 1.807) is 6.07 Å². The largest absolute Gasteiger partial charge is 0.393 e. The van der Waals surface area contributed by atoms with Gasteiger partial charge in [-0.2, -0.15) is 0 Å². The lowest BCUT2D eigenvalue weighted by Gasteiger charge is -2.27. The van der Waals surface area contributed by atoms with Crippen molar-refractivity contribution in [3.8, 4) is 0 Å². The Balaban J connectivity index is 1.68. The molecule has 0 saturated heterocycles. The van der Waals surface area contributed by atoms with Gasteiger partial charge in [-0.1, -0.05) is 24.6 Å². The summed E-state index contributed by atoms with van der Waals surface area (Å²) in [4.78, 5) is 0. The zero-order chi connectivity index (χ0) is 14.4. The number of rotatable bonds is 6. The van der Waals surface area contributed by atoms with Crippen molar-refractivity contribution in [2.45, 2.75) is 57.6 Å². The molecule has 0 aromatic heterocycles. The maximum absolute atomic E-state index is 13.5. The maximum Gasteiger partial charge on any atom is 0.126 e. The standard InChI is InChI=1S/C17H26FNO/c1-13(9-10-15-6-2-3-8-17(15)18)19-12-14-5-4-7-16(20)11-14/h2-3,6,8,13-14,16,19-20H,4-5,7,9-12H2,1H3/t13-,14-,16+/m1/s1. The van der Waals surface area contributed by atoms with Crippen molar-refractivity contribution in [2.75, 3.05) is 6.54 Å². The van der Waals surface area contributed by atoms with E-state index in [9.17, 15) is 9.50 Å². The summed E-state index contributed by atoms with van der Waals surface area (Å²) in [7, 11) is 0. The highest BCUT2D eigenvalue weighted by Gasteiger charge is 2.20. The highest BCUT2D eigenvalue weighted by atomic mass is 19.1. The number of aliphatic hydroxyl groups excluding tert-OH is 1. The average molecular weight is 279 g/mol. The van der Waals surface area contributed by atoms with Crippen molar-refractivity contribution < 1.29 is 9.50 Å². The van der Waals surface area contributed by atoms with E-state index in [0.29, 0.717) is 12.0 Å². The minimum atomic E-state index is -0.107. The zero-order valence-electron chi connectivity index (χ0n) is 12.3. The maximum atomic E-state index is 13.5. The smallest absolute Gasteiger partial charge is 0.126 e. The first-order valence-corrected chi connectivity index (χ1v) is 7.80. The molecule has 1 aliphatic carbocycles. The van der Waals surface area contributed by atoms with E-state index in [1.807, 2.05) is 12.1 Å². The number of nitrogens with one attached hydrogen (secondary N) is 1. The highest BCUT2D eigenvalue weighted by Crippen LogP contribution is 2.23. The molecule has 0 spiro atoms. The zero-order valence-corrected chi connectivity index (χ0v) is 12.3. The van der Waals surface area contributed by atoms with Crippen molar-refractivity contribution in [3.63, 3.8) is 0 Å². The van der Waals surface area contributed by atoms with Gasteiger partial charge in [0.15, 0.2) is 0 Å². The van der Waals surface area contributed by atoms with Crippen molar-refractivity contribution in [2.24, 2.45) is 5.92 Å². The molecule has 1 fully saturated rings. The summed E-state index contributed by atoms with van der Waals surface area (Å²) in [5.41, 5.74) is 0.800. The summed E-state index contributed by atoms with van der Waals surface area (Å²) in [6.45, 7) is 3.12. The van der Waals surface area contributed by atoms with Gasteiger partial charge < -0.3 is 10.4 Å². The fourth-order valence-corrected chi connectivity index (χ4v) is 2.99. The van der Waals surface area contributed by atoms with E-state index in [-0.39, 0.29) is 11.9 Å². The minimum Gasteiger partial charge on any atom is -0.393 e. The Morgan fingerprint density at radius 2 is 2.15 bits per heavy atom. The molecule has 2 N–H and O–H groups in total. The molecule has 0 unspecified atom stereocenters. The molecule has 3 atom stereocenters. The monoisotopic (exact) mass is 279 g/mol. The quantitative estimate of drug-likeness (QED) is 0.837. The van der Waals surface area contributed by atoms with E-state index < -0.39 is 0 Å². The van der Waals surface area contributed by atoms with Gasteiger partial charge in [0.1, 0.15) is 5.82 Å². The van der Waals surface area contributed by atoms with Crippen LogP contribution in [-0.4, -0.2) is 23.8 Å². The molecule has 1 aromatic rings. The fraction of sp³-hybridized carbons (Fsp3) is 0.647. The van der Waals surface area contributed by atoms with Crippen LogP contribution in [0.25, 0.3) is 0 Å². The van der Waals surface area contributed by atoms with Crippen LogP contribution in [0.2, 0.25) is 0 Å². The average Bonchev–Trinajstić information content (AvgIpc) is 2.44. The summed E-state index contributed by atoms with van der Waals surface area (Å²) in [5, 5.41) is 13.2. The lowest BCUT2D eigenvalue weighted by molar-refractivity contribution is 0.0997. The molecule has 1 aliphatic rings. The first-order chi connectivity index (χ1) is 9.65. The highest BCUT2D eigenvalue weighted by molar-refractivity contribution is 5.17. The Labute approximate surface area is 121 Å². The predicted molar refractivity (Wildman–Crippen MR) is 80.2 cm³/mol. The van der Waals surface area contributed by atoms with Crippen molar-refractivity contribution in [1.29, 1.82) is 0 Å². The van der Waals surface area contributed by atoms with Crippen LogP contribution in [0, 0.1) is 11.7 Å². The van der Waals surface area contributed by atoms with Gasteiger partial charge in [0.2, 0.25) is 0 Å². The van der Waals surface area contributed by atoms with Gasteiger partial charge in [0.25, 0.3) is 0 Å². The summed E-state index contributed by atoms with van der Waals surface area (Å²) in [6, 6.07) is 7.39. The van der Waals surface area contributed by atoms with Gasteiger partial charge in [-0.15, -0.1) is 0 Å². The Hall–Kier alpha value is -0.930. The molecular formula is C17H26FNO. The number of hydrogen-bond acceptors (Lipinski definition) is 2. The normalized spacial score (nSPS) is 24.6. The van der Waals surface area contributed by atoms with Gasteiger partial charge in [-0.3, -0.25) is 0 Å². The molecule has 2 nitrogen and oxygen atoms in total. The molecule has 1 aromatic carbocycles. The van der Waals surface area contributed by atoms with Crippen LogP contribution >= 0.6 is 0 Å². The van der Waals surface area contributed by atoms with Gasteiger partial charge in [0.05, 0.1) is 6.10 Å². The summed E-state index contributed by atoms with van der Waals surface area (Å²) < 4.78 is 13.5. The van der Waals surface area contributed by atoms with E-state index >= 15 is 0 Å². The Morgan fingerprint density at radius 1 is 1.35 bits per heavy atom. The number of aliphatic hydroxyl groups is 1. The van der Waals surface area contributed by atoms with Crippen LogP contribution in [0.1, 0.15) is 44.6 Å². The fourth-order valence-electron chi connectivity index (χ4n) is 2.99. The lowest BCUT2D eigenvalue weighted by atomic mass is 9.87. The van der Waals surface area contributed by atoms with Crippen LogP contribution < -0.4 is 5.32 Å². The van der Waals surface area contributed by atoms with Crippen LogP contribution in [0.15, 0.2) is 24.3 Å². The van der Waals surface area contributed by atoms with Crippen molar-refractivity contribution in [1.82, 2.24) is 5.32 Å². The summed E-state index contributed by atoms with van der Waals surface area (Å²) in [6.07, 6.45) is 5.84. The Morgan fingerprint density at radius 3 is 2.90 bits per heavy atom. The van der Waals surface area contributed by atoms with E-state index in [2.05, 4.69) is 12.2 Å². The Bertz CT molecular complexity index is 410. The van der Waals surface area contributed by atoms with Crippen LogP contribution in [0.5, 0.6) is 0 Å². The molecule has 0 bridgehead atoms. The molecule has 0 amide bonds. The second-order valence-corrected chi connectivity index (χ2v) is 6.13. The van der Waals surface area contributed by atoms with Gasteiger partial charge >= 0.3 is 0 Å². The van der Waals surface area contributed by atoms with Gasteiger partial charge in [0, 0.05) is 6.04 Å². The Kier molecular flexibility index (Phi) is 5.99. The number of halogens is 1. The summed E-state index contributed by atoms with van der Waals surface area (Å²) in [5.74, 6) is 0.491. The first-order valence-electron chi connectivity index (χ1n) is 7.80. The number of benzene rings is 1. The van der Waals surface area contributed by atoms with Crippen molar-refractivity contribution in [3.05, 3.63) is 35.6 Å². The second kappa shape index (κ2) is 7.75. The molecule has 0 heterocycles. The SMILES string of the molecule is C[C@H](CCc1ccccc1F)NC[C@@H]1CCC[C@H](O)C1. The molecule has 0 radical (unpaired) electrons. The molecular weight excluding hydrogens is 253 g/mol. The predicted octanol–water partition coefficient (Wildman–Crippen LogP) is 3.29. The number of aryl methyl sites for hydroxylation is 1. The molecule has 2 rings (SSSR count). The van der Waals surface area contributed by atoms with E-state index in [0.717, 1.165) is 44.2 Å². The molecule has 1 saturated carbocycles. The minimum absolute atomic E-state index is 0.102. The lowest BCUT2D eigenvalue weighted by Crippen LogP contribution is -2.34. The van der Waals surface area contributed by atoms with Crippen LogP contribution in [-0.2, 0) is 6.42 Å². The van der Waals surface area contributed by atoms with Crippen LogP contribution in [0.3, 0.4) is 0 Å². The van der Waals surface area contributed by atoms with Gasteiger partial charge in [-0.05, 0) is 63.1 Å². The third kappa shape index (κ3) is 4.88.